The highest BCUT2D eigenvalue weighted by atomic mass is 79.9. The summed E-state index contributed by atoms with van der Waals surface area (Å²) >= 11 is 9.36. The minimum Gasteiger partial charge on any atom is -0.494 e. The molecule has 0 bridgehead atoms. The van der Waals surface area contributed by atoms with Crippen LogP contribution in [0.3, 0.4) is 0 Å². The molecule has 0 aliphatic rings. The number of nitriles is 1. The molecular weight excluding hydrogens is 328 g/mol. The lowest BCUT2D eigenvalue weighted by atomic mass is 10.1. The summed E-state index contributed by atoms with van der Waals surface area (Å²) in [6.45, 7) is 2.57. The van der Waals surface area contributed by atoms with Crippen molar-refractivity contribution in [2.75, 3.05) is 6.61 Å². The molecule has 5 heteroatoms. The molecule has 0 N–H and O–H groups in total. The van der Waals surface area contributed by atoms with Gasteiger partial charge >= 0.3 is 0 Å². The van der Waals surface area contributed by atoms with E-state index in [0.717, 1.165) is 15.8 Å². The van der Waals surface area contributed by atoms with E-state index in [9.17, 15) is 0 Å². The average molecular weight is 338 g/mol. The molecule has 0 radical (unpaired) electrons. The fourth-order valence-electron chi connectivity index (χ4n) is 1.62. The van der Waals surface area contributed by atoms with E-state index in [4.69, 9.17) is 21.6 Å². The minimum absolute atomic E-state index is 0.203. The van der Waals surface area contributed by atoms with E-state index >= 15 is 0 Å². The molecule has 0 atom stereocenters. The second kappa shape index (κ2) is 6.05. The van der Waals surface area contributed by atoms with Gasteiger partial charge in [-0.1, -0.05) is 11.6 Å². The number of hydrogen-bond donors (Lipinski definition) is 0. The quantitative estimate of drug-likeness (QED) is 0.778. The number of nitrogens with zero attached hydrogens (tertiary/aromatic N) is 2. The first-order valence-electron chi connectivity index (χ1n) is 5.65. The Balaban J connectivity index is 2.42. The van der Waals surface area contributed by atoms with E-state index < -0.39 is 0 Å². The standard InChI is InChI=1S/C14H10BrClN2O/c1-2-19-11-5-3-9(4-6-11)13-12(15)7-10(8-17)14(16)18-13/h3-7H,2H2,1H3. The third-order valence-electron chi connectivity index (χ3n) is 2.49. The van der Waals surface area contributed by atoms with Crippen molar-refractivity contribution in [1.29, 1.82) is 5.26 Å². The molecule has 0 spiro atoms. The second-order valence-corrected chi connectivity index (χ2v) is 4.94. The zero-order valence-corrected chi connectivity index (χ0v) is 12.5. The van der Waals surface area contributed by atoms with Crippen molar-refractivity contribution in [2.45, 2.75) is 6.92 Å². The fourth-order valence-corrected chi connectivity index (χ4v) is 2.35. The zero-order chi connectivity index (χ0) is 13.8. The van der Waals surface area contributed by atoms with Crippen LogP contribution in [0, 0.1) is 11.3 Å². The van der Waals surface area contributed by atoms with Crippen molar-refractivity contribution in [1.82, 2.24) is 4.98 Å². The maximum atomic E-state index is 8.89. The molecular formula is C14H10BrClN2O. The van der Waals surface area contributed by atoms with Crippen molar-refractivity contribution in [3.63, 3.8) is 0 Å². The summed E-state index contributed by atoms with van der Waals surface area (Å²) in [5.74, 6) is 0.808. The highest BCUT2D eigenvalue weighted by molar-refractivity contribution is 9.10. The molecule has 0 aliphatic heterocycles. The fraction of sp³-hybridized carbons (Fsp3) is 0.143. The van der Waals surface area contributed by atoms with Gasteiger partial charge in [-0.3, -0.25) is 0 Å². The summed E-state index contributed by atoms with van der Waals surface area (Å²) in [5.41, 5.74) is 1.96. The van der Waals surface area contributed by atoms with Gasteiger partial charge in [0.05, 0.1) is 17.9 Å². The first-order chi connectivity index (χ1) is 9.15. The van der Waals surface area contributed by atoms with Crippen LogP contribution in [0.4, 0.5) is 0 Å². The Hall–Kier alpha value is -1.57. The first-order valence-corrected chi connectivity index (χ1v) is 6.82. The van der Waals surface area contributed by atoms with E-state index in [0.29, 0.717) is 17.9 Å². The predicted molar refractivity (Wildman–Crippen MR) is 78.3 cm³/mol. The molecule has 96 valence electrons. The molecule has 0 saturated heterocycles. The summed E-state index contributed by atoms with van der Waals surface area (Å²) < 4.78 is 6.12. The van der Waals surface area contributed by atoms with Crippen LogP contribution in [0.2, 0.25) is 5.15 Å². The van der Waals surface area contributed by atoms with Crippen LogP contribution in [0.5, 0.6) is 5.75 Å². The Morgan fingerprint density at radius 3 is 2.63 bits per heavy atom. The second-order valence-electron chi connectivity index (χ2n) is 3.73. The van der Waals surface area contributed by atoms with Crippen LogP contribution < -0.4 is 4.74 Å². The lowest BCUT2D eigenvalue weighted by Crippen LogP contribution is -1.92. The van der Waals surface area contributed by atoms with Gasteiger partial charge in [0.2, 0.25) is 0 Å². The Morgan fingerprint density at radius 2 is 2.05 bits per heavy atom. The maximum Gasteiger partial charge on any atom is 0.147 e. The predicted octanol–water partition coefficient (Wildman–Crippen LogP) is 4.43. The smallest absolute Gasteiger partial charge is 0.147 e. The molecule has 1 heterocycles. The Bertz CT molecular complexity index is 635. The molecule has 0 saturated carbocycles. The molecule has 1 aromatic carbocycles. The highest BCUT2D eigenvalue weighted by Gasteiger charge is 2.10. The topological polar surface area (TPSA) is 45.9 Å². The molecule has 0 unspecified atom stereocenters. The van der Waals surface area contributed by atoms with E-state index in [1.165, 1.54) is 0 Å². The SMILES string of the molecule is CCOc1ccc(-c2nc(Cl)c(C#N)cc2Br)cc1. The molecule has 19 heavy (non-hydrogen) atoms. The lowest BCUT2D eigenvalue weighted by Gasteiger charge is -2.07. The number of rotatable bonds is 3. The number of halogens is 2. The Morgan fingerprint density at radius 1 is 1.37 bits per heavy atom. The van der Waals surface area contributed by atoms with Crippen molar-refractivity contribution in [3.05, 3.63) is 45.5 Å². The van der Waals surface area contributed by atoms with Gasteiger partial charge in [-0.05, 0) is 53.2 Å². The number of hydrogen-bond acceptors (Lipinski definition) is 3. The van der Waals surface area contributed by atoms with Crippen molar-refractivity contribution in [3.8, 4) is 23.1 Å². The third-order valence-corrected chi connectivity index (χ3v) is 3.38. The largest absolute Gasteiger partial charge is 0.494 e. The van der Waals surface area contributed by atoms with Gasteiger partial charge in [-0.15, -0.1) is 0 Å². The van der Waals surface area contributed by atoms with Gasteiger partial charge in [-0.2, -0.15) is 5.26 Å². The van der Waals surface area contributed by atoms with Crippen LogP contribution >= 0.6 is 27.5 Å². The van der Waals surface area contributed by atoms with Gasteiger partial charge in [0.15, 0.2) is 0 Å². The van der Waals surface area contributed by atoms with Crippen LogP contribution in [0.25, 0.3) is 11.3 Å². The van der Waals surface area contributed by atoms with Crippen molar-refractivity contribution < 1.29 is 4.74 Å². The third kappa shape index (κ3) is 3.06. The number of benzene rings is 1. The molecule has 0 amide bonds. The minimum atomic E-state index is 0.203. The Kier molecular flexibility index (Phi) is 4.41. The van der Waals surface area contributed by atoms with Gasteiger partial charge < -0.3 is 4.74 Å². The van der Waals surface area contributed by atoms with Crippen molar-refractivity contribution >= 4 is 27.5 Å². The van der Waals surface area contributed by atoms with Crippen LogP contribution in [0.1, 0.15) is 12.5 Å². The lowest BCUT2D eigenvalue weighted by molar-refractivity contribution is 0.340. The monoisotopic (exact) mass is 336 g/mol. The molecule has 0 fully saturated rings. The number of ether oxygens (including phenoxy) is 1. The van der Waals surface area contributed by atoms with Crippen LogP contribution in [-0.4, -0.2) is 11.6 Å². The molecule has 1 aromatic heterocycles. The summed E-state index contributed by atoms with van der Waals surface area (Å²) in [6, 6.07) is 11.2. The normalized spacial score (nSPS) is 10.0. The summed E-state index contributed by atoms with van der Waals surface area (Å²) in [6.07, 6.45) is 0. The Labute approximate surface area is 124 Å². The van der Waals surface area contributed by atoms with Gasteiger partial charge in [0, 0.05) is 10.0 Å². The number of pyridine rings is 1. The summed E-state index contributed by atoms with van der Waals surface area (Å²) in [7, 11) is 0. The van der Waals surface area contributed by atoms with Gasteiger partial charge in [-0.25, -0.2) is 4.98 Å². The van der Waals surface area contributed by atoms with Crippen molar-refractivity contribution in [2.24, 2.45) is 0 Å². The summed E-state index contributed by atoms with van der Waals surface area (Å²) in [4.78, 5) is 4.24. The zero-order valence-electron chi connectivity index (χ0n) is 10.2. The highest BCUT2D eigenvalue weighted by Crippen LogP contribution is 2.30. The molecule has 2 aromatic rings. The van der Waals surface area contributed by atoms with Gasteiger partial charge in [0.25, 0.3) is 0 Å². The molecule has 2 rings (SSSR count). The maximum absolute atomic E-state index is 8.89. The van der Waals surface area contributed by atoms with E-state index in [1.54, 1.807) is 6.07 Å². The van der Waals surface area contributed by atoms with Crippen LogP contribution in [0.15, 0.2) is 34.8 Å². The average Bonchev–Trinajstić information content (AvgIpc) is 2.42. The number of aromatic nitrogens is 1. The first kappa shape index (κ1) is 13.9. The van der Waals surface area contributed by atoms with Crippen LogP contribution in [-0.2, 0) is 0 Å². The molecule has 0 aliphatic carbocycles. The van der Waals surface area contributed by atoms with E-state index in [1.807, 2.05) is 37.3 Å². The van der Waals surface area contributed by atoms with E-state index in [-0.39, 0.29) is 5.15 Å². The molecule has 3 nitrogen and oxygen atoms in total. The van der Waals surface area contributed by atoms with E-state index in [2.05, 4.69) is 20.9 Å². The van der Waals surface area contributed by atoms with Gasteiger partial charge in [0.1, 0.15) is 17.0 Å². The summed E-state index contributed by atoms with van der Waals surface area (Å²) in [5, 5.41) is 9.09.